The molecule has 0 aliphatic carbocycles. The van der Waals surface area contributed by atoms with Gasteiger partial charge in [-0.25, -0.2) is 13.4 Å². The van der Waals surface area contributed by atoms with E-state index in [0.29, 0.717) is 22.3 Å². The van der Waals surface area contributed by atoms with Gasteiger partial charge in [-0.05, 0) is 31.2 Å². The Labute approximate surface area is 121 Å². The highest BCUT2D eigenvalue weighted by molar-refractivity contribution is 8.00. The summed E-state index contributed by atoms with van der Waals surface area (Å²) in [5.74, 6) is 1.07. The highest BCUT2D eigenvalue weighted by Gasteiger charge is 2.14. The molecule has 104 valence electrons. The van der Waals surface area contributed by atoms with Crippen LogP contribution < -0.4 is 0 Å². The summed E-state index contributed by atoms with van der Waals surface area (Å²) in [6.07, 6.45) is 0. The lowest BCUT2D eigenvalue weighted by Crippen LogP contribution is -2.09. The third kappa shape index (κ3) is 3.59. The molecule has 1 heterocycles. The first-order valence-corrected chi connectivity index (χ1v) is 8.40. The van der Waals surface area contributed by atoms with Crippen molar-refractivity contribution in [3.8, 4) is 6.07 Å². The smallest absolute Gasteiger partial charge is 0.208 e. The van der Waals surface area contributed by atoms with Gasteiger partial charge in [0.15, 0.2) is 9.84 Å². The molecule has 2 aromatic rings. The lowest BCUT2D eigenvalue weighted by atomic mass is 10.2. The zero-order chi connectivity index (χ0) is 14.6. The maximum atomic E-state index is 12.1. The second-order valence-electron chi connectivity index (χ2n) is 4.01. The number of nitrogens with one attached hydrogen (secondary N) is 1. The van der Waals surface area contributed by atoms with Crippen LogP contribution in [0.5, 0.6) is 0 Å². The second kappa shape index (κ2) is 6.07. The maximum Gasteiger partial charge on any atom is 0.208 e. The van der Waals surface area contributed by atoms with E-state index < -0.39 is 9.84 Å². The molecule has 0 bridgehead atoms. The van der Waals surface area contributed by atoms with Crippen molar-refractivity contribution in [3.05, 3.63) is 35.7 Å². The minimum atomic E-state index is -3.34. The Morgan fingerprint density at radius 1 is 1.35 bits per heavy atom. The van der Waals surface area contributed by atoms with Crippen LogP contribution in [0.3, 0.4) is 0 Å². The molecule has 8 heteroatoms. The van der Waals surface area contributed by atoms with Gasteiger partial charge in [-0.3, -0.25) is 5.10 Å². The van der Waals surface area contributed by atoms with Crippen molar-refractivity contribution >= 4 is 21.6 Å². The van der Waals surface area contributed by atoms with Gasteiger partial charge in [0.05, 0.1) is 22.3 Å². The molecule has 0 aliphatic rings. The Kier molecular flexibility index (Phi) is 4.42. The molecule has 2 rings (SSSR count). The largest absolute Gasteiger partial charge is 0.262 e. The average molecular weight is 308 g/mol. The topological polar surface area (TPSA) is 99.5 Å². The SMILES string of the molecule is Cc1nc(SCCS(=O)(=O)c2ccc(C#N)cc2)n[nH]1. The van der Waals surface area contributed by atoms with Crippen LogP contribution >= 0.6 is 11.8 Å². The fourth-order valence-corrected chi connectivity index (χ4v) is 3.98. The van der Waals surface area contributed by atoms with Crippen LogP contribution in [-0.4, -0.2) is 35.1 Å². The third-order valence-corrected chi connectivity index (χ3v) is 5.34. The number of nitriles is 1. The van der Waals surface area contributed by atoms with Gasteiger partial charge < -0.3 is 0 Å². The summed E-state index contributed by atoms with van der Waals surface area (Å²) < 4.78 is 24.2. The Morgan fingerprint density at radius 2 is 2.05 bits per heavy atom. The van der Waals surface area contributed by atoms with Crippen LogP contribution in [-0.2, 0) is 9.84 Å². The highest BCUT2D eigenvalue weighted by atomic mass is 32.2. The van der Waals surface area contributed by atoms with E-state index in [1.807, 2.05) is 6.07 Å². The number of sulfone groups is 1. The number of aryl methyl sites for hydroxylation is 1. The molecule has 6 nitrogen and oxygen atoms in total. The van der Waals surface area contributed by atoms with E-state index in [1.165, 1.54) is 36.0 Å². The molecule has 0 saturated heterocycles. The Hall–Kier alpha value is -1.85. The number of aromatic nitrogens is 3. The molecule has 0 radical (unpaired) electrons. The predicted molar refractivity (Wildman–Crippen MR) is 75.1 cm³/mol. The summed E-state index contributed by atoms with van der Waals surface area (Å²) in [4.78, 5) is 4.32. The fourth-order valence-electron chi connectivity index (χ4n) is 1.48. The second-order valence-corrected chi connectivity index (χ2v) is 7.18. The van der Waals surface area contributed by atoms with Gasteiger partial charge in [0.25, 0.3) is 0 Å². The zero-order valence-electron chi connectivity index (χ0n) is 10.7. The van der Waals surface area contributed by atoms with Gasteiger partial charge in [-0.15, -0.1) is 5.10 Å². The minimum Gasteiger partial charge on any atom is -0.262 e. The molecule has 20 heavy (non-hydrogen) atoms. The maximum absolute atomic E-state index is 12.1. The molecule has 0 aliphatic heterocycles. The normalized spacial score (nSPS) is 11.2. The molecule has 1 aromatic heterocycles. The number of nitrogens with zero attached hydrogens (tertiary/aromatic N) is 3. The van der Waals surface area contributed by atoms with Gasteiger partial charge in [0.2, 0.25) is 5.16 Å². The molecule has 1 aromatic carbocycles. The Bertz CT molecular complexity index is 730. The van der Waals surface area contributed by atoms with Crippen LogP contribution in [0, 0.1) is 18.3 Å². The number of thioether (sulfide) groups is 1. The summed E-state index contributed by atoms with van der Waals surface area (Å²) in [7, 11) is -3.34. The van der Waals surface area contributed by atoms with E-state index in [2.05, 4.69) is 15.2 Å². The summed E-state index contributed by atoms with van der Waals surface area (Å²) in [6, 6.07) is 7.86. The van der Waals surface area contributed by atoms with Crippen molar-refractivity contribution in [2.45, 2.75) is 17.0 Å². The van der Waals surface area contributed by atoms with Crippen molar-refractivity contribution in [1.29, 1.82) is 5.26 Å². The number of rotatable bonds is 5. The van der Waals surface area contributed by atoms with Crippen molar-refractivity contribution < 1.29 is 8.42 Å². The van der Waals surface area contributed by atoms with Crippen LogP contribution in [0.25, 0.3) is 0 Å². The number of hydrogen-bond acceptors (Lipinski definition) is 6. The summed E-state index contributed by atoms with van der Waals surface area (Å²) in [5.41, 5.74) is 0.439. The number of benzene rings is 1. The average Bonchev–Trinajstić information content (AvgIpc) is 2.84. The standard InChI is InChI=1S/C12H12N4O2S2/c1-9-14-12(16-15-9)19-6-7-20(17,18)11-4-2-10(8-13)3-5-11/h2-5H,6-7H2,1H3,(H,14,15,16). The van der Waals surface area contributed by atoms with Crippen molar-refractivity contribution in [1.82, 2.24) is 15.2 Å². The monoisotopic (exact) mass is 308 g/mol. The Morgan fingerprint density at radius 3 is 2.60 bits per heavy atom. The molecule has 0 fully saturated rings. The van der Waals surface area contributed by atoms with E-state index in [-0.39, 0.29) is 10.6 Å². The first kappa shape index (κ1) is 14.6. The van der Waals surface area contributed by atoms with Crippen LogP contribution in [0.4, 0.5) is 0 Å². The van der Waals surface area contributed by atoms with E-state index in [0.717, 1.165) is 0 Å². The molecule has 0 saturated carbocycles. The minimum absolute atomic E-state index is 0.00282. The molecule has 0 unspecified atom stereocenters. The van der Waals surface area contributed by atoms with E-state index in [1.54, 1.807) is 6.92 Å². The lowest BCUT2D eigenvalue weighted by molar-refractivity contribution is 0.597. The van der Waals surface area contributed by atoms with Crippen molar-refractivity contribution in [3.63, 3.8) is 0 Å². The molecular weight excluding hydrogens is 296 g/mol. The molecule has 1 N–H and O–H groups in total. The third-order valence-electron chi connectivity index (χ3n) is 2.50. The summed E-state index contributed by atoms with van der Waals surface area (Å²) >= 11 is 1.29. The van der Waals surface area contributed by atoms with E-state index in [4.69, 9.17) is 5.26 Å². The lowest BCUT2D eigenvalue weighted by Gasteiger charge is -2.03. The van der Waals surface area contributed by atoms with Crippen molar-refractivity contribution in [2.24, 2.45) is 0 Å². The van der Waals surface area contributed by atoms with Crippen LogP contribution in [0.1, 0.15) is 11.4 Å². The van der Waals surface area contributed by atoms with Gasteiger partial charge in [0, 0.05) is 5.75 Å². The van der Waals surface area contributed by atoms with Crippen molar-refractivity contribution in [2.75, 3.05) is 11.5 Å². The van der Waals surface area contributed by atoms with Crippen LogP contribution in [0.2, 0.25) is 0 Å². The number of hydrogen-bond donors (Lipinski definition) is 1. The number of aromatic amines is 1. The zero-order valence-corrected chi connectivity index (χ0v) is 12.3. The highest BCUT2D eigenvalue weighted by Crippen LogP contribution is 2.17. The fraction of sp³-hybridized carbons (Fsp3) is 0.250. The summed E-state index contributed by atoms with van der Waals surface area (Å²) in [5, 5.41) is 15.8. The van der Waals surface area contributed by atoms with Gasteiger partial charge in [-0.1, -0.05) is 11.8 Å². The molecule has 0 amide bonds. The van der Waals surface area contributed by atoms with Gasteiger partial charge in [0.1, 0.15) is 5.82 Å². The molecule has 0 spiro atoms. The predicted octanol–water partition coefficient (Wildman–Crippen LogP) is 1.55. The molecule has 0 atom stereocenters. The van der Waals surface area contributed by atoms with Crippen LogP contribution in [0.15, 0.2) is 34.3 Å². The Balaban J connectivity index is 1.98. The van der Waals surface area contributed by atoms with E-state index in [9.17, 15) is 8.42 Å². The quantitative estimate of drug-likeness (QED) is 0.841. The van der Waals surface area contributed by atoms with Gasteiger partial charge >= 0.3 is 0 Å². The first-order valence-electron chi connectivity index (χ1n) is 5.76. The molecular formula is C12H12N4O2S2. The summed E-state index contributed by atoms with van der Waals surface area (Å²) in [6.45, 7) is 1.78. The van der Waals surface area contributed by atoms with E-state index >= 15 is 0 Å². The number of H-pyrrole nitrogens is 1. The van der Waals surface area contributed by atoms with Gasteiger partial charge in [-0.2, -0.15) is 5.26 Å². The first-order chi connectivity index (χ1) is 9.51.